The predicted octanol–water partition coefficient (Wildman–Crippen LogP) is 6.45. The average molecular weight is 449 g/mol. The summed E-state index contributed by atoms with van der Waals surface area (Å²) in [6, 6.07) is 32.3. The van der Waals surface area contributed by atoms with Gasteiger partial charge in [0.1, 0.15) is 22.3 Å². The molecule has 0 amide bonds. The second kappa shape index (κ2) is 9.42. The molecule has 0 aromatic heterocycles. The van der Waals surface area contributed by atoms with E-state index in [2.05, 4.69) is 135 Å². The molecule has 0 aliphatic heterocycles. The molecule has 0 spiro atoms. The summed E-state index contributed by atoms with van der Waals surface area (Å²) in [6.07, 6.45) is 0. The molecule has 0 saturated heterocycles. The van der Waals surface area contributed by atoms with Gasteiger partial charge in [0.25, 0.3) is 0 Å². The maximum absolute atomic E-state index is 5.60. The zero-order valence-electron chi connectivity index (χ0n) is 19.0. The van der Waals surface area contributed by atoms with E-state index in [4.69, 9.17) is 4.76 Å². The Kier molecular flexibility index (Phi) is 7.12. The highest BCUT2D eigenvalue weighted by Gasteiger charge is 2.37. The Labute approximate surface area is 185 Å². The SMILES string of the molecule is C[Si](C)(C)N(/C(=N/P(c1ccccc1)c1ccccc1)c1ccccc1)[Si](C)(C)C. The highest BCUT2D eigenvalue weighted by atomic mass is 31.1. The van der Waals surface area contributed by atoms with Crippen LogP contribution in [0.5, 0.6) is 0 Å². The molecule has 0 heterocycles. The third-order valence-corrected chi connectivity index (χ3v) is 13.9. The number of nitrogens with zero attached hydrogens (tertiary/aromatic N) is 2. The zero-order valence-corrected chi connectivity index (χ0v) is 21.9. The van der Waals surface area contributed by atoms with E-state index in [9.17, 15) is 0 Å². The van der Waals surface area contributed by atoms with Gasteiger partial charge in [0, 0.05) is 16.2 Å². The number of rotatable bonds is 6. The Morgan fingerprint density at radius 3 is 1.33 bits per heavy atom. The van der Waals surface area contributed by atoms with Crippen LogP contribution in [-0.2, 0) is 0 Å². The van der Waals surface area contributed by atoms with E-state index in [0.29, 0.717) is 0 Å². The molecule has 0 atom stereocenters. The molecule has 3 aromatic carbocycles. The normalized spacial score (nSPS) is 12.8. The van der Waals surface area contributed by atoms with Gasteiger partial charge in [-0.3, -0.25) is 0 Å². The fourth-order valence-corrected chi connectivity index (χ4v) is 15.6. The molecule has 156 valence electrons. The van der Waals surface area contributed by atoms with Crippen molar-refractivity contribution in [2.75, 3.05) is 0 Å². The molecule has 0 fully saturated rings. The number of hydrogen-bond acceptors (Lipinski definition) is 1. The van der Waals surface area contributed by atoms with Gasteiger partial charge in [-0.15, -0.1) is 0 Å². The van der Waals surface area contributed by atoms with Crippen molar-refractivity contribution in [2.45, 2.75) is 39.3 Å². The number of hydrogen-bond donors (Lipinski definition) is 0. The summed E-state index contributed by atoms with van der Waals surface area (Å²) in [5, 5.41) is 2.58. The van der Waals surface area contributed by atoms with Gasteiger partial charge >= 0.3 is 0 Å². The molecule has 2 nitrogen and oxygen atoms in total. The highest BCUT2D eigenvalue weighted by molar-refractivity contribution is 7.72. The molecular weight excluding hydrogens is 415 g/mol. The molecule has 0 radical (unpaired) electrons. The summed E-state index contributed by atoms with van der Waals surface area (Å²) in [5.74, 6) is 1.17. The van der Waals surface area contributed by atoms with E-state index in [1.807, 2.05) is 0 Å². The lowest BCUT2D eigenvalue weighted by atomic mass is 10.2. The lowest BCUT2D eigenvalue weighted by molar-refractivity contribution is 0.902. The standard InChI is InChI=1S/C25H33N2PSi2/c1-29(2,3)27(30(4,5)6)25(22-16-10-7-11-17-22)26-28(23-18-12-8-13-19-23)24-20-14-9-15-21-24/h7-21H,1-6H3/b26-25+. The Balaban J connectivity index is 2.27. The van der Waals surface area contributed by atoms with Crippen LogP contribution in [0.1, 0.15) is 5.56 Å². The summed E-state index contributed by atoms with van der Waals surface area (Å²) in [4.78, 5) is 0. The van der Waals surface area contributed by atoms with Crippen LogP contribution in [0.3, 0.4) is 0 Å². The summed E-state index contributed by atoms with van der Waals surface area (Å²) in [7, 11) is -4.17. The molecule has 5 heteroatoms. The average Bonchev–Trinajstić information content (AvgIpc) is 2.71. The van der Waals surface area contributed by atoms with E-state index in [1.165, 1.54) is 22.0 Å². The summed E-state index contributed by atoms with van der Waals surface area (Å²) in [6.45, 7) is 14.6. The largest absolute Gasteiger partial charge is 0.409 e. The fourth-order valence-electron chi connectivity index (χ4n) is 3.96. The van der Waals surface area contributed by atoms with Crippen molar-refractivity contribution in [3.63, 3.8) is 0 Å². The molecule has 3 rings (SSSR count). The van der Waals surface area contributed by atoms with E-state index in [1.54, 1.807) is 0 Å². The predicted molar refractivity (Wildman–Crippen MR) is 141 cm³/mol. The molecule has 30 heavy (non-hydrogen) atoms. The van der Waals surface area contributed by atoms with Crippen LogP contribution in [0, 0.1) is 0 Å². The highest BCUT2D eigenvalue weighted by Crippen LogP contribution is 2.38. The molecule has 0 bridgehead atoms. The van der Waals surface area contributed by atoms with Gasteiger partial charge in [-0.2, -0.15) is 0 Å². The van der Waals surface area contributed by atoms with E-state index in [0.717, 1.165) is 0 Å². The van der Waals surface area contributed by atoms with Gasteiger partial charge in [0.05, 0.1) is 8.07 Å². The van der Waals surface area contributed by atoms with Crippen molar-refractivity contribution in [3.05, 3.63) is 96.6 Å². The third-order valence-electron chi connectivity index (χ3n) is 4.78. The van der Waals surface area contributed by atoms with Crippen LogP contribution >= 0.6 is 8.07 Å². The van der Waals surface area contributed by atoms with E-state index < -0.39 is 24.5 Å². The van der Waals surface area contributed by atoms with Gasteiger partial charge < -0.3 is 4.23 Å². The van der Waals surface area contributed by atoms with Crippen LogP contribution in [-0.4, -0.2) is 26.5 Å². The monoisotopic (exact) mass is 448 g/mol. The van der Waals surface area contributed by atoms with Gasteiger partial charge in [-0.1, -0.05) is 130 Å². The Hall–Kier alpha value is -2.01. The molecule has 0 aliphatic carbocycles. The maximum Gasteiger partial charge on any atom is 0.140 e. The minimum atomic E-state index is -1.66. The first-order valence-electron chi connectivity index (χ1n) is 10.5. The minimum Gasteiger partial charge on any atom is -0.409 e. The van der Waals surface area contributed by atoms with Crippen molar-refractivity contribution in [2.24, 2.45) is 4.76 Å². The molecule has 0 unspecified atom stereocenters. The maximum atomic E-state index is 5.60. The molecule has 0 aliphatic rings. The summed E-state index contributed by atoms with van der Waals surface area (Å²) < 4.78 is 8.34. The van der Waals surface area contributed by atoms with Gasteiger partial charge in [-0.25, -0.2) is 4.76 Å². The Morgan fingerprint density at radius 2 is 0.967 bits per heavy atom. The summed E-state index contributed by atoms with van der Waals surface area (Å²) >= 11 is 0. The van der Waals surface area contributed by atoms with Crippen molar-refractivity contribution in [1.82, 2.24) is 4.23 Å². The van der Waals surface area contributed by atoms with Crippen LogP contribution in [0.2, 0.25) is 39.3 Å². The number of amidine groups is 1. The van der Waals surface area contributed by atoms with Crippen LogP contribution in [0.4, 0.5) is 0 Å². The molecule has 0 saturated carbocycles. The first kappa shape index (κ1) is 22.7. The zero-order chi connectivity index (χ0) is 21.8. The van der Waals surface area contributed by atoms with E-state index >= 15 is 0 Å². The lowest BCUT2D eigenvalue weighted by Crippen LogP contribution is -2.62. The molecule has 3 aromatic rings. The van der Waals surface area contributed by atoms with Crippen molar-refractivity contribution in [1.29, 1.82) is 0 Å². The summed E-state index contributed by atoms with van der Waals surface area (Å²) in [5.41, 5.74) is 1.22. The van der Waals surface area contributed by atoms with Crippen molar-refractivity contribution in [3.8, 4) is 0 Å². The van der Waals surface area contributed by atoms with Crippen LogP contribution < -0.4 is 10.6 Å². The van der Waals surface area contributed by atoms with Crippen LogP contribution in [0.15, 0.2) is 95.8 Å². The topological polar surface area (TPSA) is 15.6 Å². The van der Waals surface area contributed by atoms with Crippen LogP contribution in [0.25, 0.3) is 0 Å². The lowest BCUT2D eigenvalue weighted by Gasteiger charge is -2.46. The van der Waals surface area contributed by atoms with Crippen molar-refractivity contribution >= 4 is 41.0 Å². The second-order valence-electron chi connectivity index (χ2n) is 9.45. The van der Waals surface area contributed by atoms with Gasteiger partial charge in [-0.05, 0) is 0 Å². The van der Waals surface area contributed by atoms with Gasteiger partial charge in [0.2, 0.25) is 0 Å². The first-order valence-corrected chi connectivity index (χ1v) is 18.7. The first-order chi connectivity index (χ1) is 14.2. The Bertz CT molecular complexity index is 909. The van der Waals surface area contributed by atoms with E-state index in [-0.39, 0.29) is 0 Å². The third kappa shape index (κ3) is 5.57. The second-order valence-corrected chi connectivity index (χ2v) is 21.3. The minimum absolute atomic E-state index is 0.850. The Morgan fingerprint density at radius 1 is 0.600 bits per heavy atom. The molecule has 0 N–H and O–H groups in total. The molecular formula is C25H33N2PSi2. The van der Waals surface area contributed by atoms with Gasteiger partial charge in [0.15, 0.2) is 0 Å². The smallest absolute Gasteiger partial charge is 0.140 e. The quantitative estimate of drug-likeness (QED) is 0.183. The number of benzene rings is 3. The fraction of sp³-hybridized carbons (Fsp3) is 0.240. The van der Waals surface area contributed by atoms with Crippen molar-refractivity contribution < 1.29 is 0 Å².